The molecule has 0 aromatic carbocycles. The van der Waals surface area contributed by atoms with Crippen LogP contribution >= 0.6 is 0 Å². The molecule has 0 bridgehead atoms. The van der Waals surface area contributed by atoms with Crippen molar-refractivity contribution in [2.45, 2.75) is 96.6 Å². The van der Waals surface area contributed by atoms with Crippen LogP contribution in [0.25, 0.3) is 0 Å². The molecule has 24 heavy (non-hydrogen) atoms. The second-order valence-corrected chi connectivity index (χ2v) is 8.49. The van der Waals surface area contributed by atoms with Gasteiger partial charge in [-0.1, -0.05) is 0 Å². The molecule has 2 aliphatic rings. The quantitative estimate of drug-likeness (QED) is 0.735. The number of hydrogen-bond donors (Lipinski definition) is 1. The molecule has 0 aliphatic carbocycles. The number of likely N-dealkylation sites (tertiary alicyclic amines) is 2. The predicted molar refractivity (Wildman–Crippen MR) is 103 cm³/mol. The summed E-state index contributed by atoms with van der Waals surface area (Å²) in [5.74, 6) is 0. The highest BCUT2D eigenvalue weighted by Gasteiger charge is 2.24. The molecule has 4 heteroatoms. The zero-order valence-corrected chi connectivity index (χ0v) is 16.8. The molecule has 2 atom stereocenters. The third kappa shape index (κ3) is 6.99. The van der Waals surface area contributed by atoms with Gasteiger partial charge in [0.2, 0.25) is 0 Å². The van der Waals surface area contributed by atoms with Gasteiger partial charge in [-0.15, -0.1) is 0 Å². The van der Waals surface area contributed by atoms with Crippen molar-refractivity contribution in [1.82, 2.24) is 15.1 Å². The van der Waals surface area contributed by atoms with Crippen molar-refractivity contribution < 1.29 is 4.74 Å². The molecule has 0 saturated carbocycles. The maximum absolute atomic E-state index is 5.97. The molecule has 0 aromatic heterocycles. The second-order valence-electron chi connectivity index (χ2n) is 8.49. The topological polar surface area (TPSA) is 27.7 Å². The molecule has 0 radical (unpaired) electrons. The molecule has 2 fully saturated rings. The normalized spacial score (nSPS) is 25.2. The van der Waals surface area contributed by atoms with Gasteiger partial charge in [-0.2, -0.15) is 0 Å². The highest BCUT2D eigenvalue weighted by Crippen LogP contribution is 2.20. The average Bonchev–Trinajstić information content (AvgIpc) is 2.55. The smallest absolute Gasteiger partial charge is 0.0603 e. The van der Waals surface area contributed by atoms with E-state index in [-0.39, 0.29) is 0 Å². The van der Waals surface area contributed by atoms with Crippen LogP contribution in [0.2, 0.25) is 0 Å². The van der Waals surface area contributed by atoms with Crippen LogP contribution in [-0.2, 0) is 4.74 Å². The number of rotatable bonds is 8. The molecule has 0 aromatic rings. The minimum atomic E-state index is 0.366. The lowest BCUT2D eigenvalue weighted by Gasteiger charge is -2.37. The van der Waals surface area contributed by atoms with Crippen molar-refractivity contribution >= 4 is 0 Å². The highest BCUT2D eigenvalue weighted by atomic mass is 16.5. The Kier molecular flexibility index (Phi) is 8.48. The highest BCUT2D eigenvalue weighted by molar-refractivity contribution is 4.81. The zero-order chi connectivity index (χ0) is 17.5. The number of hydrogen-bond acceptors (Lipinski definition) is 4. The Bertz CT molecular complexity index is 334. The molecular weight excluding hydrogens is 298 g/mol. The van der Waals surface area contributed by atoms with Gasteiger partial charge in [0, 0.05) is 31.2 Å². The molecular formula is C20H41N3O. The monoisotopic (exact) mass is 339 g/mol. The van der Waals surface area contributed by atoms with Crippen LogP contribution in [0.15, 0.2) is 0 Å². The summed E-state index contributed by atoms with van der Waals surface area (Å²) >= 11 is 0. The molecule has 2 unspecified atom stereocenters. The van der Waals surface area contributed by atoms with Gasteiger partial charge in [-0.3, -0.25) is 0 Å². The van der Waals surface area contributed by atoms with Crippen LogP contribution in [0.5, 0.6) is 0 Å². The van der Waals surface area contributed by atoms with E-state index in [0.717, 1.165) is 6.04 Å². The number of nitrogens with one attached hydrogen (secondary N) is 1. The summed E-state index contributed by atoms with van der Waals surface area (Å²) in [4.78, 5) is 5.11. The lowest BCUT2D eigenvalue weighted by Crippen LogP contribution is -2.45. The van der Waals surface area contributed by atoms with E-state index >= 15 is 0 Å². The fraction of sp³-hybridized carbons (Fsp3) is 1.00. The summed E-state index contributed by atoms with van der Waals surface area (Å²) in [6.07, 6.45) is 8.45. The Morgan fingerprint density at radius 1 is 0.917 bits per heavy atom. The Hall–Kier alpha value is -0.160. The van der Waals surface area contributed by atoms with Crippen molar-refractivity contribution in [2.75, 3.05) is 33.2 Å². The van der Waals surface area contributed by atoms with Crippen molar-refractivity contribution in [1.29, 1.82) is 0 Å². The van der Waals surface area contributed by atoms with Crippen LogP contribution in [0, 0.1) is 0 Å². The van der Waals surface area contributed by atoms with Crippen LogP contribution in [-0.4, -0.2) is 73.4 Å². The molecule has 2 rings (SSSR count). The van der Waals surface area contributed by atoms with Gasteiger partial charge in [0.05, 0.1) is 12.2 Å². The average molecular weight is 340 g/mol. The summed E-state index contributed by atoms with van der Waals surface area (Å²) in [7, 11) is 2.23. The largest absolute Gasteiger partial charge is 0.375 e. The van der Waals surface area contributed by atoms with E-state index in [9.17, 15) is 0 Å². The van der Waals surface area contributed by atoms with E-state index in [1.165, 1.54) is 64.7 Å². The third-order valence-corrected chi connectivity index (χ3v) is 5.82. The molecule has 2 heterocycles. The summed E-state index contributed by atoms with van der Waals surface area (Å²) in [5.41, 5.74) is 0. The standard InChI is InChI=1S/C20H41N3O/c1-16(2)24-20-10-14-23(15-11-20)18(4)7-6-17(3)21-19-8-12-22(5)13-9-19/h16-21H,6-15H2,1-5H3. The zero-order valence-electron chi connectivity index (χ0n) is 16.8. The number of piperidine rings is 2. The number of nitrogens with zero attached hydrogens (tertiary/aromatic N) is 2. The summed E-state index contributed by atoms with van der Waals surface area (Å²) in [6, 6.07) is 2.07. The van der Waals surface area contributed by atoms with Gasteiger partial charge in [0.25, 0.3) is 0 Å². The van der Waals surface area contributed by atoms with Gasteiger partial charge in [-0.05, 0) is 86.4 Å². The van der Waals surface area contributed by atoms with Crippen molar-refractivity contribution in [3.63, 3.8) is 0 Å². The molecule has 2 aliphatic heterocycles. The Morgan fingerprint density at radius 2 is 1.54 bits per heavy atom. The van der Waals surface area contributed by atoms with Crippen LogP contribution in [0.3, 0.4) is 0 Å². The maximum atomic E-state index is 5.97. The van der Waals surface area contributed by atoms with Crippen molar-refractivity contribution in [3.05, 3.63) is 0 Å². The van der Waals surface area contributed by atoms with Gasteiger partial charge in [0.1, 0.15) is 0 Å². The summed E-state index contributed by atoms with van der Waals surface area (Å²) in [5, 5.41) is 3.86. The van der Waals surface area contributed by atoms with E-state index in [4.69, 9.17) is 4.74 Å². The first kappa shape index (κ1) is 20.2. The Morgan fingerprint density at radius 3 is 2.12 bits per heavy atom. The van der Waals surface area contributed by atoms with Crippen LogP contribution < -0.4 is 5.32 Å². The fourth-order valence-corrected chi connectivity index (χ4v) is 4.17. The summed E-state index contributed by atoms with van der Waals surface area (Å²) < 4.78 is 5.97. The molecule has 4 nitrogen and oxygen atoms in total. The third-order valence-electron chi connectivity index (χ3n) is 5.82. The number of ether oxygens (including phenoxy) is 1. The fourth-order valence-electron chi connectivity index (χ4n) is 4.17. The minimum Gasteiger partial charge on any atom is -0.375 e. The molecule has 142 valence electrons. The molecule has 0 spiro atoms. The van der Waals surface area contributed by atoms with E-state index in [1.807, 2.05) is 0 Å². The van der Waals surface area contributed by atoms with Crippen molar-refractivity contribution in [2.24, 2.45) is 0 Å². The predicted octanol–water partition coefficient (Wildman–Crippen LogP) is 3.12. The SMILES string of the molecule is CC(CCC(C)N1CCC(OC(C)C)CC1)NC1CCN(C)CC1. The molecule has 1 N–H and O–H groups in total. The first-order valence-corrected chi connectivity index (χ1v) is 10.3. The maximum Gasteiger partial charge on any atom is 0.0603 e. The van der Waals surface area contributed by atoms with Crippen LogP contribution in [0.1, 0.15) is 66.2 Å². The van der Waals surface area contributed by atoms with Gasteiger partial charge < -0.3 is 19.9 Å². The van der Waals surface area contributed by atoms with Gasteiger partial charge in [-0.25, -0.2) is 0 Å². The second kappa shape index (κ2) is 10.1. The van der Waals surface area contributed by atoms with Gasteiger partial charge >= 0.3 is 0 Å². The Balaban J connectivity index is 1.60. The van der Waals surface area contributed by atoms with E-state index in [0.29, 0.717) is 24.3 Å². The van der Waals surface area contributed by atoms with E-state index in [1.54, 1.807) is 0 Å². The summed E-state index contributed by atoms with van der Waals surface area (Å²) in [6.45, 7) is 14.0. The van der Waals surface area contributed by atoms with Crippen molar-refractivity contribution in [3.8, 4) is 0 Å². The lowest BCUT2D eigenvalue weighted by atomic mass is 10.00. The van der Waals surface area contributed by atoms with E-state index < -0.39 is 0 Å². The Labute approximate surface area is 150 Å². The first-order chi connectivity index (χ1) is 11.4. The van der Waals surface area contributed by atoms with Crippen LogP contribution in [0.4, 0.5) is 0 Å². The lowest BCUT2D eigenvalue weighted by molar-refractivity contribution is -0.0327. The molecule has 0 amide bonds. The van der Waals surface area contributed by atoms with Gasteiger partial charge in [0.15, 0.2) is 0 Å². The minimum absolute atomic E-state index is 0.366. The molecule has 2 saturated heterocycles. The van der Waals surface area contributed by atoms with E-state index in [2.05, 4.69) is 49.9 Å². The first-order valence-electron chi connectivity index (χ1n) is 10.3.